The lowest BCUT2D eigenvalue weighted by Crippen LogP contribution is -2.30. The van der Waals surface area contributed by atoms with E-state index in [1.165, 1.54) is 0 Å². The van der Waals surface area contributed by atoms with E-state index in [1.807, 2.05) is 0 Å². The SMILES string of the molecule is OCc1ccc(OC2CCC(F)(F)CC2)c(Br)c1. The molecule has 0 unspecified atom stereocenters. The zero-order valence-corrected chi connectivity index (χ0v) is 11.4. The Kier molecular flexibility index (Phi) is 4.22. The average Bonchev–Trinajstić information content (AvgIpc) is 2.34. The van der Waals surface area contributed by atoms with Crippen molar-refractivity contribution in [3.8, 4) is 5.75 Å². The molecule has 1 fully saturated rings. The Hall–Kier alpha value is -0.680. The number of aliphatic hydroxyl groups excluding tert-OH is 1. The number of ether oxygens (including phenoxy) is 1. The van der Waals surface area contributed by atoms with Crippen molar-refractivity contribution in [2.24, 2.45) is 0 Å². The van der Waals surface area contributed by atoms with Crippen molar-refractivity contribution in [3.63, 3.8) is 0 Å². The van der Waals surface area contributed by atoms with E-state index in [0.717, 1.165) is 10.0 Å². The van der Waals surface area contributed by atoms with Crippen molar-refractivity contribution in [3.05, 3.63) is 28.2 Å². The summed E-state index contributed by atoms with van der Waals surface area (Å²) in [5, 5.41) is 8.99. The summed E-state index contributed by atoms with van der Waals surface area (Å²) in [7, 11) is 0. The van der Waals surface area contributed by atoms with Crippen LogP contribution >= 0.6 is 15.9 Å². The first kappa shape index (κ1) is 13.7. The van der Waals surface area contributed by atoms with Crippen LogP contribution in [0, 0.1) is 0 Å². The highest BCUT2D eigenvalue weighted by molar-refractivity contribution is 9.10. The molecule has 1 N–H and O–H groups in total. The first-order chi connectivity index (χ1) is 8.50. The Balaban J connectivity index is 1.98. The molecule has 1 aromatic carbocycles. The lowest BCUT2D eigenvalue weighted by molar-refractivity contribution is -0.0583. The number of alkyl halides is 2. The minimum atomic E-state index is -2.53. The molecule has 2 nitrogen and oxygen atoms in total. The van der Waals surface area contributed by atoms with Gasteiger partial charge < -0.3 is 9.84 Å². The van der Waals surface area contributed by atoms with Gasteiger partial charge in [0, 0.05) is 12.8 Å². The normalized spacial score (nSPS) is 19.8. The van der Waals surface area contributed by atoms with Gasteiger partial charge in [0.2, 0.25) is 5.92 Å². The molecule has 1 aliphatic rings. The molecule has 0 bridgehead atoms. The van der Waals surface area contributed by atoms with Crippen molar-refractivity contribution in [2.45, 2.75) is 44.3 Å². The fraction of sp³-hybridized carbons (Fsp3) is 0.538. The third-order valence-electron chi connectivity index (χ3n) is 3.14. The fourth-order valence-corrected chi connectivity index (χ4v) is 2.57. The van der Waals surface area contributed by atoms with Crippen LogP contribution in [0.25, 0.3) is 0 Å². The molecule has 0 spiro atoms. The van der Waals surface area contributed by atoms with Crippen LogP contribution in [0.2, 0.25) is 0 Å². The van der Waals surface area contributed by atoms with E-state index in [1.54, 1.807) is 18.2 Å². The first-order valence-electron chi connectivity index (χ1n) is 5.94. The molecule has 1 aromatic rings. The van der Waals surface area contributed by atoms with Crippen LogP contribution in [-0.4, -0.2) is 17.1 Å². The van der Waals surface area contributed by atoms with Gasteiger partial charge in [-0.25, -0.2) is 8.78 Å². The summed E-state index contributed by atoms with van der Waals surface area (Å²) in [5.74, 6) is -1.89. The Morgan fingerprint density at radius 3 is 2.56 bits per heavy atom. The third kappa shape index (κ3) is 3.42. The van der Waals surface area contributed by atoms with Gasteiger partial charge in [-0.05, 0) is 46.5 Å². The van der Waals surface area contributed by atoms with Crippen LogP contribution in [0.3, 0.4) is 0 Å². The highest BCUT2D eigenvalue weighted by atomic mass is 79.9. The van der Waals surface area contributed by atoms with Gasteiger partial charge in [-0.1, -0.05) is 6.07 Å². The van der Waals surface area contributed by atoms with Gasteiger partial charge in [0.1, 0.15) is 5.75 Å². The molecule has 0 aromatic heterocycles. The number of halogens is 3. The van der Waals surface area contributed by atoms with Crippen molar-refractivity contribution >= 4 is 15.9 Å². The highest BCUT2D eigenvalue weighted by Gasteiger charge is 2.35. The van der Waals surface area contributed by atoms with Crippen molar-refractivity contribution in [1.29, 1.82) is 0 Å². The summed E-state index contributed by atoms with van der Waals surface area (Å²) >= 11 is 3.35. The Morgan fingerprint density at radius 2 is 2.00 bits per heavy atom. The van der Waals surface area contributed by atoms with Gasteiger partial charge in [-0.15, -0.1) is 0 Å². The molecule has 0 saturated heterocycles. The maximum Gasteiger partial charge on any atom is 0.248 e. The number of benzene rings is 1. The zero-order valence-electron chi connectivity index (χ0n) is 9.83. The molecular formula is C13H15BrF2O2. The Labute approximate surface area is 113 Å². The first-order valence-corrected chi connectivity index (χ1v) is 6.73. The summed E-state index contributed by atoms with van der Waals surface area (Å²) in [6, 6.07) is 5.28. The summed E-state index contributed by atoms with van der Waals surface area (Å²) in [6.45, 7) is -0.0332. The predicted octanol–water partition coefficient (Wildman–Crippen LogP) is 3.90. The second-order valence-electron chi connectivity index (χ2n) is 4.60. The molecular weight excluding hydrogens is 306 g/mol. The van der Waals surface area contributed by atoms with Crippen molar-refractivity contribution < 1.29 is 18.6 Å². The quantitative estimate of drug-likeness (QED) is 0.915. The van der Waals surface area contributed by atoms with E-state index >= 15 is 0 Å². The molecule has 0 amide bonds. The highest BCUT2D eigenvalue weighted by Crippen LogP contribution is 2.36. The van der Waals surface area contributed by atoms with Gasteiger partial charge in [-0.3, -0.25) is 0 Å². The Morgan fingerprint density at radius 1 is 1.33 bits per heavy atom. The molecule has 100 valence electrons. The monoisotopic (exact) mass is 320 g/mol. The molecule has 5 heteroatoms. The lowest BCUT2D eigenvalue weighted by atomic mass is 9.94. The predicted molar refractivity (Wildman–Crippen MR) is 67.9 cm³/mol. The van der Waals surface area contributed by atoms with Gasteiger partial charge in [0.25, 0.3) is 0 Å². The minimum Gasteiger partial charge on any atom is -0.489 e. The zero-order chi connectivity index (χ0) is 13.2. The molecule has 1 saturated carbocycles. The molecule has 18 heavy (non-hydrogen) atoms. The second-order valence-corrected chi connectivity index (χ2v) is 5.45. The summed E-state index contributed by atoms with van der Waals surface area (Å²) in [5.41, 5.74) is 0.782. The third-order valence-corrected chi connectivity index (χ3v) is 3.76. The maximum absolute atomic E-state index is 13.0. The number of hydrogen-bond donors (Lipinski definition) is 1. The van der Waals surface area contributed by atoms with E-state index in [4.69, 9.17) is 9.84 Å². The smallest absolute Gasteiger partial charge is 0.248 e. The van der Waals surface area contributed by atoms with E-state index in [9.17, 15) is 8.78 Å². The van der Waals surface area contributed by atoms with E-state index < -0.39 is 5.92 Å². The molecule has 0 atom stereocenters. The van der Waals surface area contributed by atoms with Crippen molar-refractivity contribution in [1.82, 2.24) is 0 Å². The fourth-order valence-electron chi connectivity index (χ4n) is 2.05. The molecule has 0 radical (unpaired) electrons. The number of rotatable bonds is 3. The molecule has 1 aliphatic carbocycles. The maximum atomic E-state index is 13.0. The Bertz CT molecular complexity index is 413. The van der Waals surface area contributed by atoms with Gasteiger partial charge >= 0.3 is 0 Å². The summed E-state index contributed by atoms with van der Waals surface area (Å²) < 4.78 is 32.5. The van der Waals surface area contributed by atoms with Gasteiger partial charge in [-0.2, -0.15) is 0 Å². The van der Waals surface area contributed by atoms with E-state index in [2.05, 4.69) is 15.9 Å². The topological polar surface area (TPSA) is 29.5 Å². The number of aliphatic hydroxyl groups is 1. The van der Waals surface area contributed by atoms with Crippen LogP contribution in [-0.2, 0) is 6.61 Å². The number of hydrogen-bond acceptors (Lipinski definition) is 2. The summed E-state index contributed by atoms with van der Waals surface area (Å²) in [6.07, 6.45) is 0.386. The van der Waals surface area contributed by atoms with Crippen LogP contribution in [0.4, 0.5) is 8.78 Å². The molecule has 2 rings (SSSR count). The van der Waals surface area contributed by atoms with Gasteiger partial charge in [0.15, 0.2) is 0 Å². The van der Waals surface area contributed by atoms with E-state index in [-0.39, 0.29) is 25.6 Å². The minimum absolute atomic E-state index is 0.0332. The van der Waals surface area contributed by atoms with E-state index in [0.29, 0.717) is 18.6 Å². The molecule has 0 heterocycles. The standard InChI is InChI=1S/C13H15BrF2O2/c14-11-7-9(8-17)1-2-12(11)18-10-3-5-13(15,16)6-4-10/h1-2,7,10,17H,3-6,8H2. The summed E-state index contributed by atoms with van der Waals surface area (Å²) in [4.78, 5) is 0. The van der Waals surface area contributed by atoms with Crippen LogP contribution in [0.15, 0.2) is 22.7 Å². The van der Waals surface area contributed by atoms with Crippen LogP contribution in [0.5, 0.6) is 5.75 Å². The van der Waals surface area contributed by atoms with Gasteiger partial charge in [0.05, 0.1) is 17.2 Å². The average molecular weight is 321 g/mol. The van der Waals surface area contributed by atoms with Crippen molar-refractivity contribution in [2.75, 3.05) is 0 Å². The van der Waals surface area contributed by atoms with Crippen LogP contribution in [0.1, 0.15) is 31.2 Å². The largest absolute Gasteiger partial charge is 0.489 e. The second kappa shape index (κ2) is 5.53. The molecule has 0 aliphatic heterocycles. The lowest BCUT2D eigenvalue weighted by Gasteiger charge is -2.29. The van der Waals surface area contributed by atoms with Crippen LogP contribution < -0.4 is 4.74 Å².